The Morgan fingerprint density at radius 2 is 2.04 bits per heavy atom. The van der Waals surface area contributed by atoms with Gasteiger partial charge >= 0.3 is 0 Å². The number of pyridine rings is 1. The molecule has 1 aliphatic rings. The molecule has 0 aliphatic carbocycles. The molecule has 2 aromatic rings. The summed E-state index contributed by atoms with van der Waals surface area (Å²) in [5.41, 5.74) is 16.4. The highest BCUT2D eigenvalue weighted by molar-refractivity contribution is 6.30. The molecule has 4 N–H and O–H groups in total. The molecule has 0 spiro atoms. The maximum Gasteiger partial charge on any atom is 0.223 e. The standard InChI is InChI=1S/C17H21ClN6O/c1-8-9(2)12(5-21-10(8)3)7-24-6-11(4-13(19)25)14-15(18)22-17(20)23-16(14)24/h5,11H,4,6-7H2,1-3H3,(H2,19,25)(H2,20,22,23). The lowest BCUT2D eigenvalue weighted by atomic mass is 10.0. The molecular weight excluding hydrogens is 340 g/mol. The molecule has 3 rings (SSSR count). The molecule has 7 nitrogen and oxygen atoms in total. The molecule has 1 unspecified atom stereocenters. The maximum absolute atomic E-state index is 11.4. The number of hydrogen-bond donors (Lipinski definition) is 2. The van der Waals surface area contributed by atoms with Crippen LogP contribution in [0.4, 0.5) is 11.8 Å². The van der Waals surface area contributed by atoms with Gasteiger partial charge < -0.3 is 16.4 Å². The van der Waals surface area contributed by atoms with Gasteiger partial charge in [-0.1, -0.05) is 11.6 Å². The first-order valence-corrected chi connectivity index (χ1v) is 8.43. The van der Waals surface area contributed by atoms with E-state index in [9.17, 15) is 4.79 Å². The zero-order chi connectivity index (χ0) is 18.3. The monoisotopic (exact) mass is 360 g/mol. The number of carbonyl (C=O) groups is 1. The lowest BCUT2D eigenvalue weighted by molar-refractivity contribution is -0.118. The molecule has 2 aromatic heterocycles. The van der Waals surface area contributed by atoms with E-state index in [2.05, 4.69) is 33.7 Å². The topological polar surface area (TPSA) is 111 Å². The molecule has 8 heteroatoms. The normalized spacial score (nSPS) is 16.2. The first-order valence-electron chi connectivity index (χ1n) is 8.05. The van der Waals surface area contributed by atoms with Gasteiger partial charge in [0.05, 0.1) is 0 Å². The van der Waals surface area contributed by atoms with E-state index >= 15 is 0 Å². The Balaban J connectivity index is 1.99. The van der Waals surface area contributed by atoms with Crippen LogP contribution >= 0.6 is 11.6 Å². The fourth-order valence-electron chi connectivity index (χ4n) is 3.28. The lowest BCUT2D eigenvalue weighted by Crippen LogP contribution is -2.24. The third-order valence-electron chi connectivity index (χ3n) is 4.85. The van der Waals surface area contributed by atoms with Crippen LogP contribution in [0.5, 0.6) is 0 Å². The molecule has 1 atom stereocenters. The summed E-state index contributed by atoms with van der Waals surface area (Å²) in [6.45, 7) is 7.33. The van der Waals surface area contributed by atoms with Crippen LogP contribution in [0.15, 0.2) is 6.20 Å². The van der Waals surface area contributed by atoms with Gasteiger partial charge in [-0.15, -0.1) is 0 Å². The third kappa shape index (κ3) is 3.24. The van der Waals surface area contributed by atoms with Crippen LogP contribution in [0, 0.1) is 20.8 Å². The number of nitrogens with two attached hydrogens (primary N) is 2. The van der Waals surface area contributed by atoms with E-state index in [1.54, 1.807) is 0 Å². The Bertz CT molecular complexity index is 854. The van der Waals surface area contributed by atoms with Crippen LogP contribution < -0.4 is 16.4 Å². The Labute approximate surface area is 151 Å². The highest BCUT2D eigenvalue weighted by Gasteiger charge is 2.34. The largest absolute Gasteiger partial charge is 0.370 e. The first kappa shape index (κ1) is 17.4. The highest BCUT2D eigenvalue weighted by Crippen LogP contribution is 2.41. The zero-order valence-electron chi connectivity index (χ0n) is 14.5. The summed E-state index contributed by atoms with van der Waals surface area (Å²) in [5, 5.41) is 0.284. The van der Waals surface area contributed by atoms with Gasteiger partial charge in [-0.3, -0.25) is 9.78 Å². The second kappa shape index (κ2) is 6.48. The SMILES string of the molecule is Cc1ncc(CN2CC(CC(N)=O)c3c(Cl)nc(N)nc32)c(C)c1C. The number of nitrogen functional groups attached to an aromatic ring is 1. The van der Waals surface area contributed by atoms with Gasteiger partial charge in [-0.05, 0) is 37.5 Å². The van der Waals surface area contributed by atoms with Gasteiger partial charge in [0, 0.05) is 42.9 Å². The number of rotatable bonds is 4. The number of fused-ring (bicyclic) bond motifs is 1. The van der Waals surface area contributed by atoms with Crippen molar-refractivity contribution in [1.29, 1.82) is 0 Å². The summed E-state index contributed by atoms with van der Waals surface area (Å²) in [4.78, 5) is 26.3. The number of halogens is 1. The minimum Gasteiger partial charge on any atom is -0.370 e. The highest BCUT2D eigenvalue weighted by atomic mass is 35.5. The second-order valence-electron chi connectivity index (χ2n) is 6.48. The number of nitrogens with zero attached hydrogens (tertiary/aromatic N) is 4. The van der Waals surface area contributed by atoms with Gasteiger partial charge in [0.2, 0.25) is 11.9 Å². The summed E-state index contributed by atoms with van der Waals surface area (Å²) in [5.74, 6) is 0.264. The van der Waals surface area contributed by atoms with Gasteiger partial charge in [0.1, 0.15) is 11.0 Å². The smallest absolute Gasteiger partial charge is 0.223 e. The van der Waals surface area contributed by atoms with Crippen molar-refractivity contribution < 1.29 is 4.79 Å². The molecular formula is C17H21ClN6O. The maximum atomic E-state index is 11.4. The van der Waals surface area contributed by atoms with Crippen molar-refractivity contribution in [3.05, 3.63) is 39.3 Å². The fraction of sp³-hybridized carbons (Fsp3) is 0.412. The lowest BCUT2D eigenvalue weighted by Gasteiger charge is -2.21. The Morgan fingerprint density at radius 1 is 1.32 bits per heavy atom. The molecule has 0 saturated carbocycles. The van der Waals surface area contributed by atoms with Crippen molar-refractivity contribution in [2.75, 3.05) is 17.2 Å². The molecule has 1 aliphatic heterocycles. The van der Waals surface area contributed by atoms with Gasteiger partial charge in [-0.25, -0.2) is 4.98 Å². The second-order valence-corrected chi connectivity index (χ2v) is 6.83. The number of aromatic nitrogens is 3. The molecule has 25 heavy (non-hydrogen) atoms. The molecule has 0 radical (unpaired) electrons. The summed E-state index contributed by atoms with van der Waals surface area (Å²) in [7, 11) is 0. The average molecular weight is 361 g/mol. The van der Waals surface area contributed by atoms with E-state index < -0.39 is 0 Å². The molecule has 0 saturated heterocycles. The number of aryl methyl sites for hydroxylation is 1. The van der Waals surface area contributed by atoms with E-state index in [0.717, 1.165) is 16.8 Å². The van der Waals surface area contributed by atoms with E-state index in [0.29, 0.717) is 18.9 Å². The van der Waals surface area contributed by atoms with E-state index in [4.69, 9.17) is 23.1 Å². The van der Waals surface area contributed by atoms with Crippen molar-refractivity contribution in [3.8, 4) is 0 Å². The molecule has 0 fully saturated rings. The average Bonchev–Trinajstić information content (AvgIpc) is 2.85. The van der Waals surface area contributed by atoms with Crippen molar-refractivity contribution >= 4 is 29.3 Å². The summed E-state index contributed by atoms with van der Waals surface area (Å²) in [6.07, 6.45) is 2.07. The molecule has 1 amide bonds. The van der Waals surface area contributed by atoms with Crippen LogP contribution in [-0.4, -0.2) is 27.4 Å². The van der Waals surface area contributed by atoms with Crippen molar-refractivity contribution in [2.45, 2.75) is 39.7 Å². The van der Waals surface area contributed by atoms with Crippen molar-refractivity contribution in [2.24, 2.45) is 5.73 Å². The van der Waals surface area contributed by atoms with Crippen molar-refractivity contribution in [1.82, 2.24) is 15.0 Å². The number of anilines is 2. The van der Waals surface area contributed by atoms with Crippen LogP contribution in [-0.2, 0) is 11.3 Å². The quantitative estimate of drug-likeness (QED) is 0.807. The van der Waals surface area contributed by atoms with E-state index in [-0.39, 0.29) is 29.3 Å². The van der Waals surface area contributed by atoms with E-state index in [1.165, 1.54) is 11.1 Å². The minimum atomic E-state index is -0.380. The predicted molar refractivity (Wildman–Crippen MR) is 97.5 cm³/mol. The van der Waals surface area contributed by atoms with Gasteiger partial charge in [-0.2, -0.15) is 4.98 Å². The number of carbonyl (C=O) groups excluding carboxylic acids is 1. The number of hydrogen-bond acceptors (Lipinski definition) is 6. The molecule has 0 bridgehead atoms. The van der Waals surface area contributed by atoms with Crippen LogP contribution in [0.1, 0.15) is 40.3 Å². The summed E-state index contributed by atoms with van der Waals surface area (Å²) < 4.78 is 0. The van der Waals surface area contributed by atoms with Crippen LogP contribution in [0.3, 0.4) is 0 Å². The van der Waals surface area contributed by atoms with Crippen LogP contribution in [0.25, 0.3) is 0 Å². The van der Waals surface area contributed by atoms with Gasteiger partial charge in [0.15, 0.2) is 0 Å². The first-order chi connectivity index (χ1) is 11.8. The minimum absolute atomic E-state index is 0.114. The Hall–Kier alpha value is -2.41. The fourth-order valence-corrected chi connectivity index (χ4v) is 3.60. The molecule has 132 valence electrons. The Morgan fingerprint density at radius 3 is 2.72 bits per heavy atom. The number of primary amides is 1. The van der Waals surface area contributed by atoms with Gasteiger partial charge in [0.25, 0.3) is 0 Å². The zero-order valence-corrected chi connectivity index (χ0v) is 15.3. The summed E-state index contributed by atoms with van der Waals surface area (Å²) >= 11 is 6.28. The molecule has 3 heterocycles. The Kier molecular flexibility index (Phi) is 4.51. The predicted octanol–water partition coefficient (Wildman–Crippen LogP) is 2.01. The van der Waals surface area contributed by atoms with E-state index in [1.807, 2.05) is 13.1 Å². The summed E-state index contributed by atoms with van der Waals surface area (Å²) in [6, 6.07) is 0. The van der Waals surface area contributed by atoms with Crippen molar-refractivity contribution in [3.63, 3.8) is 0 Å². The molecule has 0 aromatic carbocycles. The van der Waals surface area contributed by atoms with Crippen LogP contribution in [0.2, 0.25) is 5.15 Å². The third-order valence-corrected chi connectivity index (χ3v) is 5.14. The number of amides is 1.